The summed E-state index contributed by atoms with van der Waals surface area (Å²) in [5, 5.41) is 15.3. The molecule has 0 aliphatic carbocycles. The predicted molar refractivity (Wildman–Crippen MR) is 75.3 cm³/mol. The van der Waals surface area contributed by atoms with Crippen molar-refractivity contribution in [1.29, 1.82) is 0 Å². The third kappa shape index (κ3) is 4.15. The minimum atomic E-state index is -0.463. The molecule has 0 aliphatic rings. The topological polar surface area (TPSA) is 99.7 Å². The molecule has 1 rings (SSSR count). The third-order valence-electron chi connectivity index (χ3n) is 3.02. The quantitative estimate of drug-likeness (QED) is 0.395. The van der Waals surface area contributed by atoms with E-state index in [9.17, 15) is 14.9 Å². The first-order chi connectivity index (χ1) is 9.92. The van der Waals surface area contributed by atoms with Crippen molar-refractivity contribution in [2.45, 2.75) is 13.3 Å². The van der Waals surface area contributed by atoms with Crippen LogP contribution in [-0.2, 0) is 21.3 Å². The van der Waals surface area contributed by atoms with Gasteiger partial charge >= 0.3 is 11.7 Å². The van der Waals surface area contributed by atoms with Gasteiger partial charge in [0, 0.05) is 27.2 Å². The van der Waals surface area contributed by atoms with Crippen molar-refractivity contribution in [2.75, 3.05) is 38.8 Å². The van der Waals surface area contributed by atoms with Gasteiger partial charge in [0.05, 0.1) is 25.1 Å². The monoisotopic (exact) mass is 300 g/mol. The van der Waals surface area contributed by atoms with E-state index in [2.05, 4.69) is 9.84 Å². The normalized spacial score (nSPS) is 10.5. The number of methoxy groups -OCH3 is 2. The Balaban J connectivity index is 3.07. The van der Waals surface area contributed by atoms with E-state index in [0.717, 1.165) is 0 Å². The Kier molecular flexibility index (Phi) is 6.10. The SMILES string of the molecule is COCCN(CCC(=O)OC)c1c([N+](=O)[O-])c(C)nn1C. The maximum Gasteiger partial charge on any atom is 0.333 e. The summed E-state index contributed by atoms with van der Waals surface area (Å²) in [5.41, 5.74) is 0.274. The van der Waals surface area contributed by atoms with E-state index >= 15 is 0 Å². The van der Waals surface area contributed by atoms with Gasteiger partial charge < -0.3 is 14.4 Å². The van der Waals surface area contributed by atoms with Crippen LogP contribution in [0.25, 0.3) is 0 Å². The largest absolute Gasteiger partial charge is 0.469 e. The van der Waals surface area contributed by atoms with Gasteiger partial charge in [-0.2, -0.15) is 5.10 Å². The molecule has 0 unspecified atom stereocenters. The number of nitro groups is 1. The second-order valence-corrected chi connectivity index (χ2v) is 4.44. The number of nitrogens with zero attached hydrogens (tertiary/aromatic N) is 4. The average Bonchev–Trinajstić information content (AvgIpc) is 2.73. The van der Waals surface area contributed by atoms with E-state index in [1.165, 1.54) is 11.8 Å². The van der Waals surface area contributed by atoms with Gasteiger partial charge in [0.2, 0.25) is 5.82 Å². The lowest BCUT2D eigenvalue weighted by atomic mass is 10.3. The van der Waals surface area contributed by atoms with Crippen LogP contribution in [0.4, 0.5) is 11.5 Å². The van der Waals surface area contributed by atoms with Gasteiger partial charge in [0.15, 0.2) is 0 Å². The Morgan fingerprint density at radius 2 is 2.10 bits per heavy atom. The number of hydrogen-bond donors (Lipinski definition) is 0. The maximum absolute atomic E-state index is 11.3. The minimum absolute atomic E-state index is 0.0570. The van der Waals surface area contributed by atoms with Crippen LogP contribution in [0.15, 0.2) is 0 Å². The first-order valence-corrected chi connectivity index (χ1v) is 6.41. The molecule has 0 radical (unpaired) electrons. The first kappa shape index (κ1) is 16.9. The summed E-state index contributed by atoms with van der Waals surface area (Å²) in [6.07, 6.45) is 0.127. The van der Waals surface area contributed by atoms with Gasteiger partial charge in [-0.3, -0.25) is 14.9 Å². The number of aromatic nitrogens is 2. The second-order valence-electron chi connectivity index (χ2n) is 4.44. The molecular formula is C12H20N4O5. The fraction of sp³-hybridized carbons (Fsp3) is 0.667. The highest BCUT2D eigenvalue weighted by molar-refractivity contribution is 5.70. The fourth-order valence-corrected chi connectivity index (χ4v) is 2.06. The van der Waals surface area contributed by atoms with Crippen molar-refractivity contribution in [1.82, 2.24) is 9.78 Å². The van der Waals surface area contributed by atoms with E-state index in [1.807, 2.05) is 0 Å². The van der Waals surface area contributed by atoms with Crippen molar-refractivity contribution >= 4 is 17.5 Å². The molecule has 0 aliphatic heterocycles. The minimum Gasteiger partial charge on any atom is -0.469 e. The third-order valence-corrected chi connectivity index (χ3v) is 3.02. The Labute approximate surface area is 122 Å². The Morgan fingerprint density at radius 3 is 2.62 bits per heavy atom. The Hall–Kier alpha value is -2.16. The van der Waals surface area contributed by atoms with Crippen LogP contribution in [0.2, 0.25) is 0 Å². The number of carbonyl (C=O) groups excluding carboxylic acids is 1. The summed E-state index contributed by atoms with van der Waals surface area (Å²) in [6, 6.07) is 0. The van der Waals surface area contributed by atoms with E-state index in [4.69, 9.17) is 4.74 Å². The van der Waals surface area contributed by atoms with Crippen LogP contribution >= 0.6 is 0 Å². The van der Waals surface area contributed by atoms with Gasteiger partial charge in [-0.15, -0.1) is 0 Å². The van der Waals surface area contributed by atoms with Crippen molar-refractivity contribution in [3.8, 4) is 0 Å². The van der Waals surface area contributed by atoms with Crippen molar-refractivity contribution in [3.05, 3.63) is 15.8 Å². The molecule has 118 valence electrons. The fourth-order valence-electron chi connectivity index (χ4n) is 2.06. The lowest BCUT2D eigenvalue weighted by Crippen LogP contribution is -2.32. The zero-order valence-corrected chi connectivity index (χ0v) is 12.7. The van der Waals surface area contributed by atoms with E-state index in [-0.39, 0.29) is 24.6 Å². The lowest BCUT2D eigenvalue weighted by molar-refractivity contribution is -0.384. The summed E-state index contributed by atoms with van der Waals surface area (Å²) in [6.45, 7) is 2.65. The highest BCUT2D eigenvalue weighted by Gasteiger charge is 2.28. The Bertz CT molecular complexity index is 514. The smallest absolute Gasteiger partial charge is 0.333 e. The second kappa shape index (κ2) is 7.58. The highest BCUT2D eigenvalue weighted by Crippen LogP contribution is 2.30. The molecule has 0 bridgehead atoms. The number of rotatable bonds is 8. The molecule has 9 nitrogen and oxygen atoms in total. The van der Waals surface area contributed by atoms with Gasteiger partial charge in [-0.25, -0.2) is 4.68 Å². The summed E-state index contributed by atoms with van der Waals surface area (Å²) < 4.78 is 11.1. The predicted octanol–water partition coefficient (Wildman–Crippen LogP) is 0.653. The molecule has 1 aromatic rings. The summed E-state index contributed by atoms with van der Waals surface area (Å²) in [5.74, 6) is -0.0163. The number of anilines is 1. The molecule has 1 aromatic heterocycles. The first-order valence-electron chi connectivity index (χ1n) is 6.41. The van der Waals surface area contributed by atoms with Gasteiger partial charge in [-0.05, 0) is 6.92 Å². The molecule has 0 saturated heterocycles. The van der Waals surface area contributed by atoms with Crippen molar-refractivity contribution in [2.24, 2.45) is 7.05 Å². The van der Waals surface area contributed by atoms with Gasteiger partial charge in [0.1, 0.15) is 5.69 Å². The number of hydrogen-bond acceptors (Lipinski definition) is 7. The molecule has 9 heteroatoms. The van der Waals surface area contributed by atoms with Crippen LogP contribution in [-0.4, -0.2) is 54.6 Å². The molecule has 0 atom stereocenters. The van der Waals surface area contributed by atoms with Crippen LogP contribution in [0.1, 0.15) is 12.1 Å². The molecular weight excluding hydrogens is 280 g/mol. The maximum atomic E-state index is 11.3. The molecule has 0 spiro atoms. The molecule has 0 fully saturated rings. The van der Waals surface area contributed by atoms with Crippen LogP contribution in [0.5, 0.6) is 0 Å². The number of carbonyl (C=O) groups is 1. The summed E-state index contributed by atoms with van der Waals surface area (Å²) >= 11 is 0. The zero-order valence-electron chi connectivity index (χ0n) is 12.7. The average molecular weight is 300 g/mol. The standard InChI is InChI=1S/C12H20N4O5/c1-9-11(16(18)19)12(14(2)13-9)15(7-8-20-3)6-5-10(17)21-4/h5-8H2,1-4H3. The zero-order chi connectivity index (χ0) is 16.0. The van der Waals surface area contributed by atoms with Crippen LogP contribution < -0.4 is 4.90 Å². The molecule has 0 N–H and O–H groups in total. The number of esters is 1. The molecule has 21 heavy (non-hydrogen) atoms. The van der Waals surface area contributed by atoms with Crippen molar-refractivity contribution in [3.63, 3.8) is 0 Å². The molecule has 0 amide bonds. The van der Waals surface area contributed by atoms with Crippen LogP contribution in [0.3, 0.4) is 0 Å². The summed E-state index contributed by atoms with van der Waals surface area (Å²) in [4.78, 5) is 23.8. The van der Waals surface area contributed by atoms with Gasteiger partial charge in [-0.1, -0.05) is 0 Å². The van der Waals surface area contributed by atoms with E-state index in [0.29, 0.717) is 24.7 Å². The van der Waals surface area contributed by atoms with Crippen LogP contribution in [0, 0.1) is 17.0 Å². The Morgan fingerprint density at radius 1 is 1.43 bits per heavy atom. The van der Waals surface area contributed by atoms with E-state index < -0.39 is 4.92 Å². The molecule has 0 aromatic carbocycles. The molecule has 0 saturated carbocycles. The molecule has 1 heterocycles. The van der Waals surface area contributed by atoms with Crippen molar-refractivity contribution < 1.29 is 19.2 Å². The van der Waals surface area contributed by atoms with E-state index in [1.54, 1.807) is 26.0 Å². The lowest BCUT2D eigenvalue weighted by Gasteiger charge is -2.23. The summed E-state index contributed by atoms with van der Waals surface area (Å²) in [7, 11) is 4.48. The number of ether oxygens (including phenoxy) is 2. The van der Waals surface area contributed by atoms with Gasteiger partial charge in [0.25, 0.3) is 0 Å². The number of aryl methyl sites for hydroxylation is 2. The highest BCUT2D eigenvalue weighted by atomic mass is 16.6.